The lowest BCUT2D eigenvalue weighted by Crippen LogP contribution is -2.11. The summed E-state index contributed by atoms with van der Waals surface area (Å²) in [6.07, 6.45) is -6.14. The smallest absolute Gasteiger partial charge is 0.416 e. The van der Waals surface area contributed by atoms with Crippen LogP contribution in [0.2, 0.25) is 0 Å². The van der Waals surface area contributed by atoms with Crippen LogP contribution in [0, 0.1) is 0 Å². The van der Waals surface area contributed by atoms with Crippen molar-refractivity contribution in [3.63, 3.8) is 0 Å². The second-order valence-corrected chi connectivity index (χ2v) is 6.90. The predicted molar refractivity (Wildman–Crippen MR) is 63.2 cm³/mol. The van der Waals surface area contributed by atoms with E-state index in [9.17, 15) is 26.2 Å². The molecule has 0 heterocycles. The third kappa shape index (κ3) is 4.97. The lowest BCUT2D eigenvalue weighted by atomic mass is 10.2. The number of ether oxygens (including phenoxy) is 1. The van der Waals surface area contributed by atoms with Gasteiger partial charge >= 0.3 is 23.9 Å². The third-order valence-corrected chi connectivity index (χ3v) is 4.08. The van der Waals surface area contributed by atoms with Crippen LogP contribution >= 0.6 is 7.60 Å². The second kappa shape index (κ2) is 5.93. The molecule has 12 heteroatoms. The van der Waals surface area contributed by atoms with E-state index in [4.69, 9.17) is 9.79 Å². The SMILES string of the molecule is COc1cc(C(F)(F)F)ccc1S(=O)(=O)OCP(=O)(O)O. The summed E-state index contributed by atoms with van der Waals surface area (Å²) in [5, 5.41) is 0. The van der Waals surface area contributed by atoms with E-state index < -0.39 is 46.4 Å². The Bertz CT molecular complexity index is 664. The van der Waals surface area contributed by atoms with Gasteiger partial charge in [0, 0.05) is 0 Å². The van der Waals surface area contributed by atoms with E-state index in [1.165, 1.54) is 0 Å². The van der Waals surface area contributed by atoms with Gasteiger partial charge in [0.05, 0.1) is 12.7 Å². The summed E-state index contributed by atoms with van der Waals surface area (Å²) in [7, 11) is -8.51. The molecular formula is C9H10F3O7PS. The Morgan fingerprint density at radius 2 is 1.86 bits per heavy atom. The third-order valence-electron chi connectivity index (χ3n) is 2.14. The quantitative estimate of drug-likeness (QED) is 0.612. The van der Waals surface area contributed by atoms with Gasteiger partial charge < -0.3 is 14.5 Å². The average molecular weight is 350 g/mol. The van der Waals surface area contributed by atoms with Crippen molar-refractivity contribution in [3.8, 4) is 5.75 Å². The molecule has 0 amide bonds. The molecule has 0 saturated carbocycles. The number of hydrogen-bond acceptors (Lipinski definition) is 5. The maximum absolute atomic E-state index is 12.5. The van der Waals surface area contributed by atoms with E-state index in [0.717, 1.165) is 7.11 Å². The number of alkyl halides is 3. The van der Waals surface area contributed by atoms with Crippen molar-refractivity contribution in [1.29, 1.82) is 0 Å². The number of hydrogen-bond donors (Lipinski definition) is 2. The first-order valence-electron chi connectivity index (χ1n) is 5.06. The zero-order chi connectivity index (χ0) is 16.5. The average Bonchev–Trinajstić information content (AvgIpc) is 2.34. The first kappa shape index (κ1) is 17.9. The maximum Gasteiger partial charge on any atom is 0.416 e. The zero-order valence-electron chi connectivity index (χ0n) is 10.4. The monoisotopic (exact) mass is 350 g/mol. The summed E-state index contributed by atoms with van der Waals surface area (Å²) in [6, 6.07) is 1.50. The van der Waals surface area contributed by atoms with E-state index in [2.05, 4.69) is 8.92 Å². The highest BCUT2D eigenvalue weighted by Gasteiger charge is 2.33. The first-order chi connectivity index (χ1) is 9.37. The Balaban J connectivity index is 3.21. The summed E-state index contributed by atoms with van der Waals surface area (Å²) >= 11 is 0. The molecule has 120 valence electrons. The van der Waals surface area contributed by atoms with Crippen LogP contribution in [0.1, 0.15) is 5.56 Å². The lowest BCUT2D eigenvalue weighted by Gasteiger charge is -2.13. The maximum atomic E-state index is 12.5. The van der Waals surface area contributed by atoms with E-state index in [0.29, 0.717) is 18.2 Å². The minimum Gasteiger partial charge on any atom is -0.495 e. The minimum absolute atomic E-state index is 0.438. The van der Waals surface area contributed by atoms with Crippen molar-refractivity contribution in [2.75, 3.05) is 13.5 Å². The molecule has 1 rings (SSSR count). The fourth-order valence-corrected chi connectivity index (χ4v) is 3.11. The molecule has 0 unspecified atom stereocenters. The van der Waals surface area contributed by atoms with Gasteiger partial charge in [-0.2, -0.15) is 21.6 Å². The van der Waals surface area contributed by atoms with E-state index in [1.54, 1.807) is 0 Å². The number of methoxy groups -OCH3 is 1. The molecule has 0 spiro atoms. The second-order valence-electron chi connectivity index (χ2n) is 3.73. The van der Waals surface area contributed by atoms with Crippen LogP contribution in [0.15, 0.2) is 23.1 Å². The summed E-state index contributed by atoms with van der Waals surface area (Å²) in [5.74, 6) is -0.657. The fraction of sp³-hybridized carbons (Fsp3) is 0.333. The van der Waals surface area contributed by atoms with Crippen molar-refractivity contribution < 1.29 is 44.9 Å². The minimum atomic E-state index is -4.76. The molecule has 0 aliphatic rings. The van der Waals surface area contributed by atoms with Gasteiger partial charge in [-0.3, -0.25) is 8.75 Å². The molecule has 0 atom stereocenters. The Morgan fingerprint density at radius 3 is 2.29 bits per heavy atom. The fourth-order valence-electron chi connectivity index (χ4n) is 1.25. The molecule has 0 aromatic heterocycles. The molecule has 0 aliphatic carbocycles. The molecule has 0 aliphatic heterocycles. The molecule has 2 N–H and O–H groups in total. The highest BCUT2D eigenvalue weighted by atomic mass is 32.2. The van der Waals surface area contributed by atoms with Gasteiger partial charge in [-0.1, -0.05) is 0 Å². The molecule has 0 saturated heterocycles. The van der Waals surface area contributed by atoms with Crippen molar-refractivity contribution in [2.45, 2.75) is 11.1 Å². The number of rotatable bonds is 5. The molecular weight excluding hydrogens is 340 g/mol. The van der Waals surface area contributed by atoms with Crippen LogP contribution in [0.25, 0.3) is 0 Å². The van der Waals surface area contributed by atoms with Gasteiger partial charge in [-0.25, -0.2) is 0 Å². The van der Waals surface area contributed by atoms with Gasteiger partial charge in [0.1, 0.15) is 10.6 Å². The molecule has 0 radical (unpaired) electrons. The van der Waals surface area contributed by atoms with Gasteiger partial charge in [0.15, 0.2) is 6.35 Å². The molecule has 0 fully saturated rings. The highest BCUT2D eigenvalue weighted by Crippen LogP contribution is 2.38. The van der Waals surface area contributed by atoms with E-state index in [1.807, 2.05) is 0 Å². The molecule has 1 aromatic rings. The van der Waals surface area contributed by atoms with Crippen molar-refractivity contribution >= 4 is 17.7 Å². The van der Waals surface area contributed by atoms with Crippen LogP contribution in [-0.2, 0) is 25.0 Å². The predicted octanol–water partition coefficient (Wildman–Crippen LogP) is 1.55. The van der Waals surface area contributed by atoms with E-state index in [-0.39, 0.29) is 0 Å². The van der Waals surface area contributed by atoms with Gasteiger partial charge in [-0.05, 0) is 18.2 Å². The molecule has 1 aromatic carbocycles. The number of halogens is 3. The van der Waals surface area contributed by atoms with Gasteiger partial charge in [0.2, 0.25) is 0 Å². The van der Waals surface area contributed by atoms with Crippen LogP contribution < -0.4 is 4.74 Å². The molecule has 7 nitrogen and oxygen atoms in total. The van der Waals surface area contributed by atoms with Crippen LogP contribution in [0.4, 0.5) is 13.2 Å². The van der Waals surface area contributed by atoms with Crippen LogP contribution in [0.3, 0.4) is 0 Å². The van der Waals surface area contributed by atoms with Crippen LogP contribution in [-0.4, -0.2) is 31.7 Å². The first-order valence-corrected chi connectivity index (χ1v) is 8.26. The highest BCUT2D eigenvalue weighted by molar-refractivity contribution is 7.87. The standard InChI is InChI=1S/C9H10F3O7PS/c1-18-7-4-6(9(10,11)12)2-3-8(7)21(16,17)19-5-20(13,14)15/h2-4H,5H2,1H3,(H2,13,14,15). The van der Waals surface area contributed by atoms with Crippen LogP contribution in [0.5, 0.6) is 5.75 Å². The van der Waals surface area contributed by atoms with Gasteiger partial charge in [-0.15, -0.1) is 0 Å². The van der Waals surface area contributed by atoms with Gasteiger partial charge in [0.25, 0.3) is 0 Å². The van der Waals surface area contributed by atoms with Crippen molar-refractivity contribution in [1.82, 2.24) is 0 Å². The summed E-state index contributed by atoms with van der Waals surface area (Å²) in [4.78, 5) is 16.3. The summed E-state index contributed by atoms with van der Waals surface area (Å²) < 4.78 is 80.1. The van der Waals surface area contributed by atoms with Crippen molar-refractivity contribution in [3.05, 3.63) is 23.8 Å². The Hall–Kier alpha value is -1.13. The molecule has 21 heavy (non-hydrogen) atoms. The summed E-state index contributed by atoms with van der Waals surface area (Å²) in [6.45, 7) is 0. The zero-order valence-corrected chi connectivity index (χ0v) is 12.1. The topological polar surface area (TPSA) is 110 Å². The Labute approximate surface area is 117 Å². The Morgan fingerprint density at radius 1 is 1.29 bits per heavy atom. The number of benzene rings is 1. The Kier molecular flexibility index (Phi) is 5.06. The largest absolute Gasteiger partial charge is 0.495 e. The summed E-state index contributed by atoms with van der Waals surface area (Å²) in [5.41, 5.74) is -1.15. The lowest BCUT2D eigenvalue weighted by molar-refractivity contribution is -0.137. The normalized spacial score (nSPS) is 13.2. The molecule has 0 bridgehead atoms. The van der Waals surface area contributed by atoms with E-state index >= 15 is 0 Å². The van der Waals surface area contributed by atoms with Crippen molar-refractivity contribution in [2.24, 2.45) is 0 Å².